The Labute approximate surface area is 213 Å². The van der Waals surface area contributed by atoms with Crippen molar-refractivity contribution in [2.75, 3.05) is 19.7 Å². The van der Waals surface area contributed by atoms with E-state index in [0.717, 1.165) is 86.6 Å². The van der Waals surface area contributed by atoms with Crippen LogP contribution in [0.3, 0.4) is 0 Å². The number of hydrogen-bond acceptors (Lipinski definition) is 6. The van der Waals surface area contributed by atoms with E-state index in [0.29, 0.717) is 16.7 Å². The number of fused-ring (bicyclic) bond motifs is 2. The van der Waals surface area contributed by atoms with Crippen LogP contribution in [-0.2, 0) is 20.0 Å². The molecule has 2 aromatic heterocycles. The molecule has 1 aliphatic heterocycles. The van der Waals surface area contributed by atoms with Crippen LogP contribution in [0.25, 0.3) is 10.9 Å². The van der Waals surface area contributed by atoms with Crippen LogP contribution in [0.2, 0.25) is 0 Å². The van der Waals surface area contributed by atoms with Crippen LogP contribution in [-0.4, -0.2) is 57.2 Å². The second-order valence-electron chi connectivity index (χ2n) is 10.3. The number of carbonyl (C=O) groups excluding carboxylic acids is 1. The predicted molar refractivity (Wildman–Crippen MR) is 136 cm³/mol. The normalized spacial score (nSPS) is 20.9. The van der Waals surface area contributed by atoms with Crippen molar-refractivity contribution in [3.8, 4) is 5.19 Å². The molecule has 0 radical (unpaired) electrons. The van der Waals surface area contributed by atoms with Crippen LogP contribution in [0.4, 0.5) is 8.78 Å². The summed E-state index contributed by atoms with van der Waals surface area (Å²) in [5.74, 6) is -2.21. The molecule has 0 spiro atoms. The zero-order chi connectivity index (χ0) is 25.3. The molecule has 10 heteroatoms. The van der Waals surface area contributed by atoms with Crippen molar-refractivity contribution in [2.45, 2.75) is 64.0 Å². The number of benzene rings is 1. The smallest absolute Gasteiger partial charge is 0.278 e. The minimum atomic E-state index is -2.85. The molecule has 1 amide bonds. The summed E-state index contributed by atoms with van der Waals surface area (Å²) in [6.07, 6.45) is 8.06. The fourth-order valence-electron chi connectivity index (χ4n) is 5.18. The number of carbonyl (C=O) groups is 1. The average molecular weight is 518 g/mol. The second kappa shape index (κ2) is 10.4. The molecular weight excluding hydrogens is 484 g/mol. The summed E-state index contributed by atoms with van der Waals surface area (Å²) < 4.78 is 33.1. The summed E-state index contributed by atoms with van der Waals surface area (Å²) in [7, 11) is 1.88. The average Bonchev–Trinajstić information content (AvgIpc) is 3.44. The van der Waals surface area contributed by atoms with Gasteiger partial charge in [0.15, 0.2) is 6.61 Å². The molecule has 0 saturated heterocycles. The largest absolute Gasteiger partial charge is 0.464 e. The number of thiazole rings is 1. The predicted octanol–water partition coefficient (Wildman–Crippen LogP) is 4.80. The third-order valence-corrected chi connectivity index (χ3v) is 8.35. The Morgan fingerprint density at radius 3 is 2.86 bits per heavy atom. The van der Waals surface area contributed by atoms with Gasteiger partial charge in [0, 0.05) is 48.9 Å². The first-order valence-corrected chi connectivity index (χ1v) is 13.5. The van der Waals surface area contributed by atoms with Gasteiger partial charge >= 0.3 is 0 Å². The Morgan fingerprint density at radius 2 is 2.08 bits per heavy atom. The van der Waals surface area contributed by atoms with Gasteiger partial charge in [-0.2, -0.15) is 5.10 Å². The third kappa shape index (κ3) is 6.03. The number of aryl methyl sites for hydroxylation is 1. The van der Waals surface area contributed by atoms with Crippen molar-refractivity contribution in [1.29, 1.82) is 0 Å². The SMILES string of the molecule is Cn1ncc2ccc(C(=O)N[C@H]3CC[C@H](CCN4CCc5sc(OCC(C)(F)F)nc5C4)CC3)cc21. The summed E-state index contributed by atoms with van der Waals surface area (Å²) in [5, 5.41) is 8.86. The Kier molecular flexibility index (Phi) is 7.25. The van der Waals surface area contributed by atoms with E-state index in [-0.39, 0.29) is 11.9 Å². The molecule has 0 bridgehead atoms. The monoisotopic (exact) mass is 517 g/mol. The van der Waals surface area contributed by atoms with Crippen molar-refractivity contribution in [1.82, 2.24) is 25.0 Å². The molecule has 0 atom stereocenters. The standard InChI is InChI=1S/C26H33F2N5O2S/c1-26(27,28)16-35-25-31-21-15-33(12-10-23(21)36-25)11-9-17-3-7-20(8-4-17)30-24(34)18-5-6-19-14-29-32(2)22(19)13-18/h5-6,13-14,17,20H,3-4,7-12,15-16H2,1-2H3,(H,30,34)/t17-,20-. The molecular formula is C26H33F2N5O2S. The first-order chi connectivity index (χ1) is 17.2. The van der Waals surface area contributed by atoms with E-state index in [4.69, 9.17) is 4.74 Å². The Bertz CT molecular complexity index is 1210. The highest BCUT2D eigenvalue weighted by molar-refractivity contribution is 7.13. The molecule has 0 unspecified atom stereocenters. The van der Waals surface area contributed by atoms with Crippen molar-refractivity contribution < 1.29 is 18.3 Å². The van der Waals surface area contributed by atoms with Crippen molar-refractivity contribution in [2.24, 2.45) is 13.0 Å². The van der Waals surface area contributed by atoms with Gasteiger partial charge in [-0.3, -0.25) is 14.4 Å². The lowest BCUT2D eigenvalue weighted by molar-refractivity contribution is -0.0230. The number of amides is 1. The summed E-state index contributed by atoms with van der Waals surface area (Å²) in [6.45, 7) is 2.94. The third-order valence-electron chi connectivity index (χ3n) is 7.28. The van der Waals surface area contributed by atoms with Crippen LogP contribution in [0, 0.1) is 5.92 Å². The number of nitrogens with one attached hydrogen (secondary N) is 1. The maximum Gasteiger partial charge on any atom is 0.278 e. The number of ether oxygens (including phenoxy) is 1. The number of alkyl halides is 2. The van der Waals surface area contributed by atoms with E-state index < -0.39 is 12.5 Å². The summed E-state index contributed by atoms with van der Waals surface area (Å²) in [5.41, 5.74) is 2.60. The van der Waals surface area contributed by atoms with Crippen LogP contribution < -0.4 is 10.1 Å². The lowest BCUT2D eigenvalue weighted by Crippen LogP contribution is -2.38. The first kappa shape index (κ1) is 25.1. The minimum Gasteiger partial charge on any atom is -0.464 e. The highest BCUT2D eigenvalue weighted by Gasteiger charge is 2.27. The molecule has 3 aromatic rings. The van der Waals surface area contributed by atoms with Gasteiger partial charge in [0.25, 0.3) is 17.0 Å². The Hall–Kier alpha value is -2.59. The molecule has 5 rings (SSSR count). The highest BCUT2D eigenvalue weighted by Crippen LogP contribution is 2.32. The Morgan fingerprint density at radius 1 is 1.28 bits per heavy atom. The summed E-state index contributed by atoms with van der Waals surface area (Å²) in [6, 6.07) is 5.94. The fraction of sp³-hybridized carbons (Fsp3) is 0.577. The lowest BCUT2D eigenvalue weighted by atomic mass is 9.84. The zero-order valence-corrected chi connectivity index (χ0v) is 21.6. The van der Waals surface area contributed by atoms with Crippen molar-refractivity contribution >= 4 is 28.1 Å². The number of halogens is 2. The van der Waals surface area contributed by atoms with E-state index in [2.05, 4.69) is 20.3 Å². The quantitative estimate of drug-likeness (QED) is 0.465. The molecule has 2 aliphatic rings. The molecule has 194 valence electrons. The van der Waals surface area contributed by atoms with E-state index in [1.807, 2.05) is 25.2 Å². The second-order valence-corrected chi connectivity index (χ2v) is 11.3. The molecule has 36 heavy (non-hydrogen) atoms. The van der Waals surface area contributed by atoms with E-state index in [1.54, 1.807) is 10.9 Å². The van der Waals surface area contributed by atoms with Crippen LogP contribution in [0.1, 0.15) is 60.0 Å². The number of hydrogen-bond donors (Lipinski definition) is 1. The topological polar surface area (TPSA) is 72.3 Å². The van der Waals surface area contributed by atoms with Gasteiger partial charge in [-0.15, -0.1) is 0 Å². The van der Waals surface area contributed by atoms with Gasteiger partial charge in [-0.1, -0.05) is 17.4 Å². The summed E-state index contributed by atoms with van der Waals surface area (Å²) in [4.78, 5) is 20.8. The van der Waals surface area contributed by atoms with Gasteiger partial charge < -0.3 is 10.1 Å². The number of aromatic nitrogens is 3. The van der Waals surface area contributed by atoms with Crippen LogP contribution in [0.15, 0.2) is 24.4 Å². The van der Waals surface area contributed by atoms with Gasteiger partial charge in [-0.25, -0.2) is 13.8 Å². The first-order valence-electron chi connectivity index (χ1n) is 12.7. The molecule has 1 N–H and O–H groups in total. The number of nitrogens with zero attached hydrogens (tertiary/aromatic N) is 4. The van der Waals surface area contributed by atoms with E-state index >= 15 is 0 Å². The molecule has 7 nitrogen and oxygen atoms in total. The zero-order valence-electron chi connectivity index (χ0n) is 20.8. The Balaban J connectivity index is 1.05. The maximum atomic E-state index is 13.1. The number of rotatable bonds is 8. The molecule has 1 fully saturated rings. The molecule has 1 aliphatic carbocycles. The fourth-order valence-corrected chi connectivity index (χ4v) is 6.09. The van der Waals surface area contributed by atoms with Crippen LogP contribution >= 0.6 is 11.3 Å². The van der Waals surface area contributed by atoms with Gasteiger partial charge in [0.05, 0.1) is 17.4 Å². The lowest BCUT2D eigenvalue weighted by Gasteiger charge is -2.32. The van der Waals surface area contributed by atoms with E-state index in [1.165, 1.54) is 11.3 Å². The molecule has 1 aromatic carbocycles. The van der Waals surface area contributed by atoms with Crippen molar-refractivity contribution in [3.05, 3.63) is 40.5 Å². The maximum absolute atomic E-state index is 13.1. The summed E-state index contributed by atoms with van der Waals surface area (Å²) >= 11 is 1.40. The molecule has 1 saturated carbocycles. The van der Waals surface area contributed by atoms with Gasteiger partial charge in [0.2, 0.25) is 0 Å². The molecule has 3 heterocycles. The van der Waals surface area contributed by atoms with Gasteiger partial charge in [-0.05, 0) is 63.1 Å². The van der Waals surface area contributed by atoms with Gasteiger partial charge in [0.1, 0.15) is 0 Å². The van der Waals surface area contributed by atoms with Crippen LogP contribution in [0.5, 0.6) is 5.19 Å². The minimum absolute atomic E-state index is 0.0139. The highest BCUT2D eigenvalue weighted by atomic mass is 32.1. The van der Waals surface area contributed by atoms with Crippen molar-refractivity contribution in [3.63, 3.8) is 0 Å². The van der Waals surface area contributed by atoms with E-state index in [9.17, 15) is 13.6 Å².